The molecule has 3 rings (SSSR count). The Morgan fingerprint density at radius 1 is 1.30 bits per heavy atom. The average Bonchev–Trinajstić information content (AvgIpc) is 3.25. The van der Waals surface area contributed by atoms with Crippen molar-refractivity contribution in [2.45, 2.75) is 45.9 Å². The summed E-state index contributed by atoms with van der Waals surface area (Å²) in [6.07, 6.45) is 1.24. The van der Waals surface area contributed by atoms with Gasteiger partial charge in [-0.1, -0.05) is 12.1 Å². The number of hydrogen-bond donors (Lipinski definition) is 0. The van der Waals surface area contributed by atoms with Gasteiger partial charge in [-0.2, -0.15) is 0 Å². The van der Waals surface area contributed by atoms with Crippen molar-refractivity contribution < 1.29 is 22.4 Å². The van der Waals surface area contributed by atoms with E-state index in [-0.39, 0.29) is 30.0 Å². The van der Waals surface area contributed by atoms with Crippen molar-refractivity contribution in [1.82, 2.24) is 4.90 Å². The van der Waals surface area contributed by atoms with E-state index < -0.39 is 15.9 Å². The van der Waals surface area contributed by atoms with Crippen molar-refractivity contribution in [2.24, 2.45) is 0 Å². The molecule has 2 aromatic rings. The predicted octanol–water partition coefficient (Wildman–Crippen LogP) is 2.88. The minimum absolute atomic E-state index is 0.0182. The molecule has 1 fully saturated rings. The fourth-order valence-corrected chi connectivity index (χ4v) is 5.04. The number of benzene rings is 1. The second kappa shape index (κ2) is 7.76. The summed E-state index contributed by atoms with van der Waals surface area (Å²) in [5.74, 6) is 1.12. The monoisotopic (exact) mass is 391 g/mol. The molecule has 0 spiro atoms. The maximum atomic E-state index is 13.1. The number of sulfone groups is 1. The van der Waals surface area contributed by atoms with Gasteiger partial charge in [0.15, 0.2) is 15.9 Å². The van der Waals surface area contributed by atoms with Crippen LogP contribution in [0.5, 0.6) is 5.75 Å². The van der Waals surface area contributed by atoms with Crippen LogP contribution in [0.3, 0.4) is 0 Å². The Hall–Kier alpha value is -2.28. The fourth-order valence-electron chi connectivity index (χ4n) is 3.30. The van der Waals surface area contributed by atoms with Crippen LogP contribution >= 0.6 is 0 Å². The van der Waals surface area contributed by atoms with Crippen LogP contribution in [0.2, 0.25) is 0 Å². The van der Waals surface area contributed by atoms with Gasteiger partial charge >= 0.3 is 0 Å². The molecule has 0 unspecified atom stereocenters. The number of carbonyl (C=O) groups is 1. The molecule has 1 aromatic carbocycles. The number of ether oxygens (including phenoxy) is 1. The van der Waals surface area contributed by atoms with E-state index in [1.54, 1.807) is 30.2 Å². The highest BCUT2D eigenvalue weighted by Gasteiger charge is 2.37. The number of aryl methyl sites for hydroxylation is 1. The molecule has 1 amide bonds. The number of rotatable bonds is 6. The normalized spacial score (nSPS) is 19.6. The topological polar surface area (TPSA) is 76.8 Å². The Bertz CT molecular complexity index is 904. The Balaban J connectivity index is 1.80. The molecular weight excluding hydrogens is 366 g/mol. The van der Waals surface area contributed by atoms with Crippen molar-refractivity contribution in [3.63, 3.8) is 0 Å². The molecule has 6 nitrogen and oxygen atoms in total. The fraction of sp³-hybridized carbons (Fsp3) is 0.450. The molecule has 146 valence electrons. The lowest BCUT2D eigenvalue weighted by atomic mass is 10.1. The lowest BCUT2D eigenvalue weighted by Crippen LogP contribution is -2.46. The van der Waals surface area contributed by atoms with Crippen molar-refractivity contribution >= 4 is 15.7 Å². The van der Waals surface area contributed by atoms with E-state index in [1.165, 1.54) is 0 Å². The summed E-state index contributed by atoms with van der Waals surface area (Å²) < 4.78 is 35.1. The molecule has 1 saturated heterocycles. The SMILES string of the molecule is Cc1cccc(O[C@@H](C)C(=O)N(Cc2ccco2)[C@H]2CCS(=O)(=O)C2)c1C. The Kier molecular flexibility index (Phi) is 5.60. The smallest absolute Gasteiger partial charge is 0.264 e. The van der Waals surface area contributed by atoms with Crippen LogP contribution in [0.15, 0.2) is 41.0 Å². The maximum Gasteiger partial charge on any atom is 0.264 e. The molecule has 0 aliphatic carbocycles. The second-order valence-corrected chi connectivity index (χ2v) is 9.29. The highest BCUT2D eigenvalue weighted by Crippen LogP contribution is 2.25. The van der Waals surface area contributed by atoms with Crippen LogP contribution in [0.1, 0.15) is 30.2 Å². The number of nitrogens with zero attached hydrogens (tertiary/aromatic N) is 1. The number of furan rings is 1. The minimum atomic E-state index is -3.12. The third kappa shape index (κ3) is 4.53. The summed E-state index contributed by atoms with van der Waals surface area (Å²) in [6.45, 7) is 5.86. The van der Waals surface area contributed by atoms with E-state index in [0.29, 0.717) is 17.9 Å². The standard InChI is InChI=1S/C20H25NO5S/c1-14-6-4-8-19(15(14)2)26-16(3)20(22)21(12-18-7-5-10-25-18)17-9-11-27(23,24)13-17/h4-8,10,16-17H,9,11-13H2,1-3H3/t16-,17-/m0/s1. The van der Waals surface area contributed by atoms with Gasteiger partial charge in [0, 0.05) is 6.04 Å². The zero-order valence-corrected chi connectivity index (χ0v) is 16.7. The van der Waals surface area contributed by atoms with Crippen molar-refractivity contribution in [3.8, 4) is 5.75 Å². The van der Waals surface area contributed by atoms with Gasteiger partial charge in [-0.3, -0.25) is 4.79 Å². The third-order valence-electron chi connectivity index (χ3n) is 5.04. The lowest BCUT2D eigenvalue weighted by molar-refractivity contribution is -0.141. The summed E-state index contributed by atoms with van der Waals surface area (Å²) >= 11 is 0. The third-order valence-corrected chi connectivity index (χ3v) is 6.80. The largest absolute Gasteiger partial charge is 0.481 e. The van der Waals surface area contributed by atoms with E-state index in [0.717, 1.165) is 11.1 Å². The van der Waals surface area contributed by atoms with Gasteiger partial charge in [0.2, 0.25) is 0 Å². The number of amides is 1. The average molecular weight is 391 g/mol. The van der Waals surface area contributed by atoms with E-state index in [1.807, 2.05) is 32.0 Å². The van der Waals surface area contributed by atoms with Gasteiger partial charge < -0.3 is 14.1 Å². The summed E-state index contributed by atoms with van der Waals surface area (Å²) in [6, 6.07) is 8.88. The Labute approximate surface area is 160 Å². The van der Waals surface area contributed by atoms with Gasteiger partial charge in [0.25, 0.3) is 5.91 Å². The molecule has 27 heavy (non-hydrogen) atoms. The highest BCUT2D eigenvalue weighted by atomic mass is 32.2. The molecule has 7 heteroatoms. The van der Waals surface area contributed by atoms with Gasteiger partial charge in [-0.15, -0.1) is 0 Å². The lowest BCUT2D eigenvalue weighted by Gasteiger charge is -2.30. The first kappa shape index (κ1) is 19.5. The molecule has 1 aliphatic heterocycles. The predicted molar refractivity (Wildman–Crippen MR) is 102 cm³/mol. The molecule has 0 radical (unpaired) electrons. The summed E-state index contributed by atoms with van der Waals surface area (Å²) in [5.41, 5.74) is 2.07. The molecule has 0 N–H and O–H groups in total. The van der Waals surface area contributed by atoms with Crippen LogP contribution in [0.25, 0.3) is 0 Å². The molecule has 2 heterocycles. The molecule has 1 aliphatic rings. The van der Waals surface area contributed by atoms with Gasteiger partial charge in [-0.05, 0) is 56.5 Å². The zero-order chi connectivity index (χ0) is 19.6. The van der Waals surface area contributed by atoms with Crippen LogP contribution < -0.4 is 4.74 Å². The number of carbonyl (C=O) groups excluding carboxylic acids is 1. The molecule has 0 bridgehead atoms. The second-order valence-electron chi connectivity index (χ2n) is 7.06. The summed E-state index contributed by atoms with van der Waals surface area (Å²) in [4.78, 5) is 14.7. The van der Waals surface area contributed by atoms with Crippen LogP contribution in [-0.2, 0) is 21.2 Å². The van der Waals surface area contributed by atoms with Crippen molar-refractivity contribution in [3.05, 3.63) is 53.5 Å². The summed E-state index contributed by atoms with van der Waals surface area (Å²) in [7, 11) is -3.12. The molecular formula is C20H25NO5S. The molecule has 1 aromatic heterocycles. The van der Waals surface area contributed by atoms with Crippen LogP contribution in [-0.4, -0.2) is 42.9 Å². The first-order chi connectivity index (χ1) is 12.8. The van der Waals surface area contributed by atoms with E-state index in [2.05, 4.69) is 0 Å². The Morgan fingerprint density at radius 2 is 2.07 bits per heavy atom. The number of hydrogen-bond acceptors (Lipinski definition) is 5. The quantitative estimate of drug-likeness (QED) is 0.757. The van der Waals surface area contributed by atoms with Gasteiger partial charge in [0.05, 0.1) is 24.3 Å². The van der Waals surface area contributed by atoms with Crippen molar-refractivity contribution in [1.29, 1.82) is 0 Å². The Morgan fingerprint density at radius 3 is 2.70 bits per heavy atom. The highest BCUT2D eigenvalue weighted by molar-refractivity contribution is 7.91. The van der Waals surface area contributed by atoms with Gasteiger partial charge in [-0.25, -0.2) is 8.42 Å². The first-order valence-electron chi connectivity index (χ1n) is 9.03. The molecule has 0 saturated carbocycles. The van der Waals surface area contributed by atoms with Crippen molar-refractivity contribution in [2.75, 3.05) is 11.5 Å². The van der Waals surface area contributed by atoms with E-state index in [4.69, 9.17) is 9.15 Å². The summed E-state index contributed by atoms with van der Waals surface area (Å²) in [5, 5.41) is 0. The minimum Gasteiger partial charge on any atom is -0.481 e. The van der Waals surface area contributed by atoms with Crippen LogP contribution in [0.4, 0.5) is 0 Å². The molecule has 2 atom stereocenters. The zero-order valence-electron chi connectivity index (χ0n) is 15.8. The van der Waals surface area contributed by atoms with Crippen LogP contribution in [0, 0.1) is 13.8 Å². The first-order valence-corrected chi connectivity index (χ1v) is 10.8. The maximum absolute atomic E-state index is 13.1. The van der Waals surface area contributed by atoms with E-state index >= 15 is 0 Å². The van der Waals surface area contributed by atoms with Gasteiger partial charge in [0.1, 0.15) is 11.5 Å². The van der Waals surface area contributed by atoms with E-state index in [9.17, 15) is 13.2 Å².